The average Bonchev–Trinajstić information content (AvgIpc) is 3.20. The Morgan fingerprint density at radius 3 is 2.84 bits per heavy atom. The van der Waals surface area contributed by atoms with Crippen molar-refractivity contribution >= 4 is 11.6 Å². The Morgan fingerprint density at radius 1 is 1.35 bits per heavy atom. The second-order valence-electron chi connectivity index (χ2n) is 10.7. The standard InChI is InChI=1S/C25H34O6.2H2/c1-4-5-21-30-20-11-17-16-7-6-14-10-15(27)8-9-23(14,2)22(16)18(28)12-24(17,3)25(20,31-21)19(29)13-26;;/h8-10,16-18,20-22,26,28H,4-7,11-13H2,1-3H3;2*1H/t16?,17?,18-,20+,21?,22?,23?,24?,25+;;/m1../s1. The number of hydrogen-bond acceptors (Lipinski definition) is 6. The summed E-state index contributed by atoms with van der Waals surface area (Å²) in [5.41, 5.74) is -1.05. The van der Waals surface area contributed by atoms with Gasteiger partial charge in [-0.25, -0.2) is 0 Å². The van der Waals surface area contributed by atoms with Crippen LogP contribution in [0.4, 0.5) is 0 Å². The van der Waals surface area contributed by atoms with E-state index in [1.54, 1.807) is 12.2 Å². The van der Waals surface area contributed by atoms with Gasteiger partial charge in [-0.3, -0.25) is 9.59 Å². The van der Waals surface area contributed by atoms with E-state index in [1.165, 1.54) is 0 Å². The monoisotopic (exact) mass is 434 g/mol. The fourth-order valence-electron chi connectivity index (χ4n) is 8.12. The lowest BCUT2D eigenvalue weighted by Crippen LogP contribution is -2.63. The third-order valence-corrected chi connectivity index (χ3v) is 9.37. The minimum absolute atomic E-state index is 0. The molecule has 31 heavy (non-hydrogen) atoms. The summed E-state index contributed by atoms with van der Waals surface area (Å²) < 4.78 is 12.7. The minimum Gasteiger partial charge on any atom is -0.393 e. The van der Waals surface area contributed by atoms with Crippen LogP contribution in [0.5, 0.6) is 0 Å². The first-order chi connectivity index (χ1) is 14.7. The zero-order valence-corrected chi connectivity index (χ0v) is 18.7. The van der Waals surface area contributed by atoms with E-state index in [4.69, 9.17) is 9.47 Å². The Hall–Kier alpha value is -1.34. The van der Waals surface area contributed by atoms with Gasteiger partial charge in [-0.1, -0.05) is 38.8 Å². The van der Waals surface area contributed by atoms with Crippen LogP contribution < -0.4 is 0 Å². The molecule has 0 radical (unpaired) electrons. The fraction of sp³-hybridized carbons (Fsp3) is 0.760. The molecule has 4 aliphatic carbocycles. The second-order valence-corrected chi connectivity index (χ2v) is 10.7. The van der Waals surface area contributed by atoms with Crippen molar-refractivity contribution in [3.05, 3.63) is 23.8 Å². The highest BCUT2D eigenvalue weighted by atomic mass is 16.7. The summed E-state index contributed by atoms with van der Waals surface area (Å²) in [5.74, 6) is 0.0274. The molecule has 9 atom stereocenters. The summed E-state index contributed by atoms with van der Waals surface area (Å²) >= 11 is 0. The van der Waals surface area contributed by atoms with Gasteiger partial charge in [0.1, 0.15) is 6.61 Å². The summed E-state index contributed by atoms with van der Waals surface area (Å²) in [6.07, 6.45) is 8.31. The third-order valence-electron chi connectivity index (χ3n) is 9.37. The second kappa shape index (κ2) is 7.08. The lowest BCUT2D eigenvalue weighted by molar-refractivity contribution is -0.200. The molecule has 5 rings (SSSR count). The van der Waals surface area contributed by atoms with E-state index < -0.39 is 36.1 Å². The number of aliphatic hydroxyl groups excluding tert-OH is 2. The molecule has 1 heterocycles. The van der Waals surface area contributed by atoms with E-state index in [2.05, 4.69) is 20.8 Å². The van der Waals surface area contributed by atoms with Crippen molar-refractivity contribution in [3.63, 3.8) is 0 Å². The molecule has 2 N–H and O–H groups in total. The molecule has 0 aromatic rings. The third kappa shape index (κ3) is 2.65. The number of aliphatic hydroxyl groups is 2. The largest absolute Gasteiger partial charge is 0.393 e. The Morgan fingerprint density at radius 2 is 2.13 bits per heavy atom. The lowest BCUT2D eigenvalue weighted by Gasteiger charge is -2.59. The molecule has 1 saturated heterocycles. The van der Waals surface area contributed by atoms with Gasteiger partial charge in [-0.2, -0.15) is 0 Å². The number of Topliss-reactive ketones (excluding diaryl/α,β-unsaturated/α-hetero) is 1. The highest BCUT2D eigenvalue weighted by Gasteiger charge is 2.75. The smallest absolute Gasteiger partial charge is 0.193 e. The van der Waals surface area contributed by atoms with Crippen LogP contribution in [0.1, 0.15) is 62.1 Å². The van der Waals surface area contributed by atoms with Crippen molar-refractivity contribution in [1.29, 1.82) is 0 Å². The Labute approximate surface area is 186 Å². The molecule has 6 heteroatoms. The number of fused-ring (bicyclic) bond motifs is 7. The topological polar surface area (TPSA) is 93.1 Å². The number of ether oxygens (including phenoxy) is 2. The molecule has 0 aromatic heterocycles. The summed E-state index contributed by atoms with van der Waals surface area (Å²) in [6, 6.07) is 0. The van der Waals surface area contributed by atoms with Crippen LogP contribution in [0.3, 0.4) is 0 Å². The van der Waals surface area contributed by atoms with Gasteiger partial charge in [0.15, 0.2) is 23.5 Å². The van der Waals surface area contributed by atoms with Crippen LogP contribution >= 0.6 is 0 Å². The van der Waals surface area contributed by atoms with Gasteiger partial charge in [-0.05, 0) is 56.1 Å². The van der Waals surface area contributed by atoms with Gasteiger partial charge in [0.05, 0.1) is 12.2 Å². The number of carbonyl (C=O) groups excluding carboxylic acids is 2. The molecule has 0 aromatic carbocycles. The predicted molar refractivity (Wildman–Crippen MR) is 117 cm³/mol. The molecule has 0 spiro atoms. The zero-order valence-electron chi connectivity index (χ0n) is 18.7. The van der Waals surface area contributed by atoms with Gasteiger partial charge < -0.3 is 19.7 Å². The summed E-state index contributed by atoms with van der Waals surface area (Å²) in [4.78, 5) is 25.2. The lowest BCUT2D eigenvalue weighted by atomic mass is 9.46. The highest BCUT2D eigenvalue weighted by molar-refractivity contribution is 6.01. The Kier molecular flexibility index (Phi) is 4.91. The van der Waals surface area contributed by atoms with E-state index in [0.717, 1.165) is 24.8 Å². The van der Waals surface area contributed by atoms with E-state index in [9.17, 15) is 19.8 Å². The Bertz CT molecular complexity index is 873. The van der Waals surface area contributed by atoms with Gasteiger partial charge in [-0.15, -0.1) is 0 Å². The summed E-state index contributed by atoms with van der Waals surface area (Å²) in [7, 11) is 0. The van der Waals surface area contributed by atoms with Crippen molar-refractivity contribution in [2.24, 2.45) is 28.6 Å². The number of hydrogen-bond donors (Lipinski definition) is 2. The van der Waals surface area contributed by atoms with E-state index in [1.807, 2.05) is 6.08 Å². The highest BCUT2D eigenvalue weighted by Crippen LogP contribution is 2.69. The van der Waals surface area contributed by atoms with Crippen LogP contribution in [-0.2, 0) is 19.1 Å². The van der Waals surface area contributed by atoms with Crippen molar-refractivity contribution in [1.82, 2.24) is 0 Å². The van der Waals surface area contributed by atoms with Crippen molar-refractivity contribution in [2.45, 2.75) is 83.4 Å². The van der Waals surface area contributed by atoms with Crippen LogP contribution in [0.2, 0.25) is 0 Å². The number of allylic oxidation sites excluding steroid dienone is 4. The first kappa shape index (κ1) is 21.5. The fourth-order valence-corrected chi connectivity index (χ4v) is 8.12. The molecule has 3 saturated carbocycles. The number of carbonyl (C=O) groups is 2. The van der Waals surface area contributed by atoms with Crippen LogP contribution in [0.15, 0.2) is 23.8 Å². The maximum atomic E-state index is 13.2. The van der Waals surface area contributed by atoms with Crippen LogP contribution in [0.25, 0.3) is 0 Å². The van der Waals surface area contributed by atoms with Crippen LogP contribution in [-0.4, -0.2) is 52.5 Å². The normalized spacial score (nSPS) is 50.4. The zero-order chi connectivity index (χ0) is 22.2. The first-order valence-corrected chi connectivity index (χ1v) is 11.8. The number of rotatable bonds is 4. The van der Waals surface area contributed by atoms with Crippen molar-refractivity contribution in [2.75, 3.05) is 6.61 Å². The summed E-state index contributed by atoms with van der Waals surface area (Å²) in [5, 5.41) is 21.4. The molecule has 0 amide bonds. The van der Waals surface area contributed by atoms with Gasteiger partial charge >= 0.3 is 0 Å². The molecule has 1 aliphatic heterocycles. The molecule has 4 fully saturated rings. The summed E-state index contributed by atoms with van der Waals surface area (Å²) in [6.45, 7) is 5.67. The van der Waals surface area contributed by atoms with E-state index in [-0.39, 0.29) is 37.6 Å². The maximum absolute atomic E-state index is 13.2. The molecular weight excluding hydrogens is 396 g/mol. The molecule has 5 aliphatic rings. The molecule has 6 unspecified atom stereocenters. The Balaban J connectivity index is 0.00000153. The maximum Gasteiger partial charge on any atom is 0.193 e. The first-order valence-electron chi connectivity index (χ1n) is 11.8. The number of ketones is 2. The van der Waals surface area contributed by atoms with Gasteiger partial charge in [0.25, 0.3) is 0 Å². The van der Waals surface area contributed by atoms with Gasteiger partial charge in [0, 0.05) is 19.6 Å². The minimum atomic E-state index is -1.20. The molecule has 174 valence electrons. The van der Waals surface area contributed by atoms with Crippen LogP contribution in [0, 0.1) is 28.6 Å². The van der Waals surface area contributed by atoms with Gasteiger partial charge in [0.2, 0.25) is 0 Å². The molecule has 6 nitrogen and oxygen atoms in total. The average molecular weight is 435 g/mol. The predicted octanol–water partition coefficient (Wildman–Crippen LogP) is 3.21. The van der Waals surface area contributed by atoms with E-state index in [0.29, 0.717) is 19.3 Å². The SMILES string of the molecule is CCCC1O[C@H]2CC3C4CCC5=CC(=O)C=CC5(C)C4[C@H](O)CC3(C)[C@@]2(C(=O)CO)O1.[HH].[HH]. The van der Waals surface area contributed by atoms with Crippen molar-refractivity contribution < 1.29 is 32.1 Å². The van der Waals surface area contributed by atoms with Crippen molar-refractivity contribution in [3.8, 4) is 0 Å². The molecular formula is C25H38O6. The quantitative estimate of drug-likeness (QED) is 0.706. The molecule has 0 bridgehead atoms. The van der Waals surface area contributed by atoms with E-state index >= 15 is 0 Å².